The van der Waals surface area contributed by atoms with Crippen LogP contribution >= 0.6 is 31.9 Å². The first-order valence-corrected chi connectivity index (χ1v) is 16.0. The monoisotopic (exact) mass is 664 g/mol. The third-order valence-corrected chi connectivity index (χ3v) is 8.18. The van der Waals surface area contributed by atoms with Crippen LogP contribution in [0.4, 0.5) is 0 Å². The van der Waals surface area contributed by atoms with E-state index in [1.165, 1.54) is 25.7 Å². The van der Waals surface area contributed by atoms with Crippen LogP contribution in [0.25, 0.3) is 0 Å². The topological polar surface area (TPSA) is 59.1 Å². The lowest BCUT2D eigenvalue weighted by atomic mass is 10.2. The molecule has 1 saturated heterocycles. The maximum Gasteiger partial charge on any atom is 0.253 e. The van der Waals surface area contributed by atoms with Crippen LogP contribution in [0, 0.1) is 0 Å². The number of hydrogen-bond acceptors (Lipinski definition) is 4. The first kappa shape index (κ1) is 31.5. The zero-order chi connectivity index (χ0) is 28.0. The lowest BCUT2D eigenvalue weighted by Gasteiger charge is -2.23. The van der Waals surface area contributed by atoms with Crippen LogP contribution in [0.5, 0.6) is 11.5 Å². The molecule has 214 valence electrons. The van der Waals surface area contributed by atoms with Gasteiger partial charge in [0.1, 0.15) is 11.5 Å². The number of nitrogens with zero attached hydrogens (tertiary/aromatic N) is 2. The van der Waals surface area contributed by atoms with Crippen molar-refractivity contribution in [3.8, 4) is 11.5 Å². The number of unbranched alkanes of at least 4 members (excludes halogenated alkanes) is 6. The van der Waals surface area contributed by atoms with E-state index in [4.69, 9.17) is 9.47 Å². The molecule has 8 heteroatoms. The van der Waals surface area contributed by atoms with Gasteiger partial charge in [-0.3, -0.25) is 9.59 Å². The summed E-state index contributed by atoms with van der Waals surface area (Å²) in [4.78, 5) is 30.2. The highest BCUT2D eigenvalue weighted by atomic mass is 79.9. The highest BCUT2D eigenvalue weighted by Gasteiger charge is 2.24. The lowest BCUT2D eigenvalue weighted by Crippen LogP contribution is -2.37. The molecule has 0 N–H and O–H groups in total. The van der Waals surface area contributed by atoms with E-state index in [0.717, 1.165) is 52.5 Å². The van der Waals surface area contributed by atoms with Gasteiger partial charge in [-0.1, -0.05) is 52.4 Å². The van der Waals surface area contributed by atoms with Crippen LogP contribution < -0.4 is 9.47 Å². The Morgan fingerprint density at radius 3 is 1.49 bits per heavy atom. The summed E-state index contributed by atoms with van der Waals surface area (Å²) in [5.41, 5.74) is 1.24. The Labute approximate surface area is 250 Å². The zero-order valence-corrected chi connectivity index (χ0v) is 26.5. The average molecular weight is 666 g/mol. The van der Waals surface area contributed by atoms with Gasteiger partial charge in [-0.2, -0.15) is 0 Å². The largest absolute Gasteiger partial charge is 0.492 e. The number of rotatable bonds is 14. The summed E-state index contributed by atoms with van der Waals surface area (Å²) in [6.07, 6.45) is 9.94. The van der Waals surface area contributed by atoms with Crippen LogP contribution in [-0.4, -0.2) is 61.0 Å². The van der Waals surface area contributed by atoms with Crippen molar-refractivity contribution in [1.29, 1.82) is 0 Å². The quantitative estimate of drug-likeness (QED) is 0.191. The van der Waals surface area contributed by atoms with Gasteiger partial charge in [-0.15, -0.1) is 0 Å². The Morgan fingerprint density at radius 1 is 0.667 bits per heavy atom. The minimum atomic E-state index is -0.0253. The van der Waals surface area contributed by atoms with Crippen LogP contribution in [-0.2, 0) is 0 Å². The van der Waals surface area contributed by atoms with Gasteiger partial charge >= 0.3 is 0 Å². The molecule has 3 rings (SSSR count). The summed E-state index contributed by atoms with van der Waals surface area (Å²) in [7, 11) is 0. The number of benzene rings is 2. The van der Waals surface area contributed by atoms with Gasteiger partial charge in [0.15, 0.2) is 0 Å². The van der Waals surface area contributed by atoms with Crippen molar-refractivity contribution in [1.82, 2.24) is 9.80 Å². The minimum absolute atomic E-state index is 0.0253. The fourth-order valence-electron chi connectivity index (χ4n) is 4.61. The molecule has 0 atom stereocenters. The summed E-state index contributed by atoms with van der Waals surface area (Å²) in [5, 5.41) is 0. The highest BCUT2D eigenvalue weighted by molar-refractivity contribution is 9.10. The second kappa shape index (κ2) is 16.9. The molecule has 2 aromatic carbocycles. The standard InChI is InChI=1S/C31H42Br2N2O4/c1-3-5-7-9-20-38-28-14-12-24(22-26(28)32)30(36)34-16-11-17-35(19-18-34)31(37)25-13-15-29(27(33)23-25)39-21-10-8-6-4-2/h12-15,22-23H,3-11,16-21H2,1-2H3. The predicted octanol–water partition coefficient (Wildman–Crippen LogP) is 8.12. The number of amides is 2. The summed E-state index contributed by atoms with van der Waals surface area (Å²) >= 11 is 7.13. The summed E-state index contributed by atoms with van der Waals surface area (Å²) in [5.74, 6) is 1.47. The van der Waals surface area contributed by atoms with Gasteiger partial charge in [-0.25, -0.2) is 0 Å². The SMILES string of the molecule is CCCCCCOc1ccc(C(=O)N2CCCN(C(=O)c3ccc(OCCCCCC)c(Br)c3)CC2)cc1Br. The number of hydrogen-bond donors (Lipinski definition) is 0. The molecule has 0 bridgehead atoms. The van der Waals surface area contributed by atoms with Crippen molar-refractivity contribution in [2.24, 2.45) is 0 Å². The van der Waals surface area contributed by atoms with Gasteiger partial charge in [0.2, 0.25) is 0 Å². The van der Waals surface area contributed by atoms with Gasteiger partial charge < -0.3 is 19.3 Å². The molecular weight excluding hydrogens is 624 g/mol. The van der Waals surface area contributed by atoms with Gasteiger partial charge in [0.25, 0.3) is 11.8 Å². The Balaban J connectivity index is 1.52. The third kappa shape index (κ3) is 9.82. The Kier molecular flexibility index (Phi) is 13.6. The average Bonchev–Trinajstić information content (AvgIpc) is 3.20. The Hall–Kier alpha value is -2.06. The van der Waals surface area contributed by atoms with E-state index in [0.29, 0.717) is 50.5 Å². The fraction of sp³-hybridized carbons (Fsp3) is 0.548. The first-order valence-electron chi connectivity index (χ1n) is 14.4. The molecule has 1 aliphatic heterocycles. The van der Waals surface area contributed by atoms with E-state index < -0.39 is 0 Å². The molecule has 0 unspecified atom stereocenters. The zero-order valence-electron chi connectivity index (χ0n) is 23.4. The molecule has 0 spiro atoms. The first-order chi connectivity index (χ1) is 18.9. The van der Waals surface area contributed by atoms with Crippen molar-refractivity contribution in [3.63, 3.8) is 0 Å². The normalized spacial score (nSPS) is 13.7. The van der Waals surface area contributed by atoms with Crippen molar-refractivity contribution < 1.29 is 19.1 Å². The van der Waals surface area contributed by atoms with Crippen molar-refractivity contribution in [2.75, 3.05) is 39.4 Å². The van der Waals surface area contributed by atoms with Crippen molar-refractivity contribution in [2.45, 2.75) is 71.6 Å². The molecule has 1 fully saturated rings. The number of halogens is 2. The van der Waals surface area contributed by atoms with Crippen LogP contribution in [0.1, 0.15) is 92.4 Å². The molecule has 1 aliphatic rings. The van der Waals surface area contributed by atoms with Gasteiger partial charge in [0.05, 0.1) is 22.2 Å². The summed E-state index contributed by atoms with van der Waals surface area (Å²) in [6.45, 7) is 7.96. The van der Waals surface area contributed by atoms with E-state index in [1.54, 1.807) is 0 Å². The maximum absolute atomic E-state index is 13.3. The lowest BCUT2D eigenvalue weighted by molar-refractivity contribution is 0.0718. The third-order valence-electron chi connectivity index (χ3n) is 6.94. The molecular formula is C31H42Br2N2O4. The molecule has 0 aliphatic carbocycles. The van der Waals surface area contributed by atoms with E-state index in [-0.39, 0.29) is 11.8 Å². The molecule has 0 radical (unpaired) electrons. The van der Waals surface area contributed by atoms with Crippen LogP contribution in [0.2, 0.25) is 0 Å². The number of ether oxygens (including phenoxy) is 2. The predicted molar refractivity (Wildman–Crippen MR) is 164 cm³/mol. The van der Waals surface area contributed by atoms with E-state index in [1.807, 2.05) is 46.2 Å². The molecule has 2 aromatic rings. The summed E-state index contributed by atoms with van der Waals surface area (Å²) < 4.78 is 13.3. The van der Waals surface area contributed by atoms with Crippen LogP contribution in [0.15, 0.2) is 45.3 Å². The smallest absolute Gasteiger partial charge is 0.253 e. The van der Waals surface area contributed by atoms with E-state index in [9.17, 15) is 9.59 Å². The maximum atomic E-state index is 13.3. The summed E-state index contributed by atoms with van der Waals surface area (Å²) in [6, 6.07) is 11.0. The fourth-order valence-corrected chi connectivity index (χ4v) is 5.60. The molecule has 6 nitrogen and oxygen atoms in total. The van der Waals surface area contributed by atoms with Crippen molar-refractivity contribution >= 4 is 43.7 Å². The van der Waals surface area contributed by atoms with Crippen LogP contribution in [0.3, 0.4) is 0 Å². The molecule has 2 amide bonds. The Morgan fingerprint density at radius 2 is 1.10 bits per heavy atom. The minimum Gasteiger partial charge on any atom is -0.492 e. The molecule has 1 heterocycles. The van der Waals surface area contributed by atoms with Gasteiger partial charge in [-0.05, 0) is 87.5 Å². The van der Waals surface area contributed by atoms with E-state index >= 15 is 0 Å². The number of carbonyl (C=O) groups is 2. The highest BCUT2D eigenvalue weighted by Crippen LogP contribution is 2.28. The second-order valence-corrected chi connectivity index (χ2v) is 11.8. The van der Waals surface area contributed by atoms with Crippen molar-refractivity contribution in [3.05, 3.63) is 56.5 Å². The Bertz CT molecular complexity index is 995. The molecule has 0 aromatic heterocycles. The van der Waals surface area contributed by atoms with Gasteiger partial charge in [0, 0.05) is 37.3 Å². The second-order valence-electron chi connectivity index (χ2n) is 10.0. The molecule has 39 heavy (non-hydrogen) atoms. The molecule has 0 saturated carbocycles. The number of carbonyl (C=O) groups excluding carboxylic acids is 2. The van der Waals surface area contributed by atoms with E-state index in [2.05, 4.69) is 45.7 Å².